The fourth-order valence-corrected chi connectivity index (χ4v) is 0.341. The molecule has 4 heteroatoms. The largest absolute Gasteiger partial charge is 0.481 e. The standard InChI is InChI=1S/C5H12O2.C2H4O2/c1-3-5(7)4(2)6;1-2(3)4/h4-7H,3H2,1-2H3;1H3,(H,3,4). The molecule has 0 rings (SSSR count). The van der Waals surface area contributed by atoms with Gasteiger partial charge in [-0.2, -0.15) is 0 Å². The fraction of sp³-hybridized carbons (Fsp3) is 0.857. The quantitative estimate of drug-likeness (QED) is 0.546. The highest BCUT2D eigenvalue weighted by Crippen LogP contribution is 1.94. The van der Waals surface area contributed by atoms with E-state index in [4.69, 9.17) is 20.1 Å². The minimum atomic E-state index is -0.833. The molecule has 0 aliphatic heterocycles. The van der Waals surface area contributed by atoms with Crippen molar-refractivity contribution in [3.8, 4) is 0 Å². The average Bonchev–Trinajstić information content (AvgIpc) is 1.85. The summed E-state index contributed by atoms with van der Waals surface area (Å²) in [6, 6.07) is 0. The first-order valence-corrected chi connectivity index (χ1v) is 3.47. The van der Waals surface area contributed by atoms with Crippen LogP contribution in [0.5, 0.6) is 0 Å². The Hall–Kier alpha value is -0.610. The smallest absolute Gasteiger partial charge is 0.300 e. The zero-order chi connectivity index (χ0) is 9.44. The molecule has 0 aliphatic carbocycles. The lowest BCUT2D eigenvalue weighted by molar-refractivity contribution is -0.134. The third-order valence-corrected chi connectivity index (χ3v) is 0.975. The van der Waals surface area contributed by atoms with E-state index < -0.39 is 18.2 Å². The molecule has 2 unspecified atom stereocenters. The molecule has 0 aromatic rings. The molecule has 0 fully saturated rings. The molecule has 0 amide bonds. The molecule has 0 radical (unpaired) electrons. The van der Waals surface area contributed by atoms with Gasteiger partial charge in [0.25, 0.3) is 5.97 Å². The van der Waals surface area contributed by atoms with E-state index >= 15 is 0 Å². The molecule has 68 valence electrons. The molecule has 2 atom stereocenters. The molecule has 0 aromatic carbocycles. The van der Waals surface area contributed by atoms with Crippen molar-refractivity contribution in [1.82, 2.24) is 0 Å². The van der Waals surface area contributed by atoms with E-state index in [-0.39, 0.29) is 0 Å². The van der Waals surface area contributed by atoms with Crippen LogP contribution in [-0.2, 0) is 4.79 Å². The van der Waals surface area contributed by atoms with Crippen LogP contribution in [0.2, 0.25) is 0 Å². The summed E-state index contributed by atoms with van der Waals surface area (Å²) in [6.07, 6.45) is -0.498. The van der Waals surface area contributed by atoms with E-state index in [9.17, 15) is 0 Å². The van der Waals surface area contributed by atoms with E-state index in [0.717, 1.165) is 6.92 Å². The summed E-state index contributed by atoms with van der Waals surface area (Å²) in [5, 5.41) is 24.7. The Morgan fingerprint density at radius 3 is 1.73 bits per heavy atom. The number of hydrogen-bond acceptors (Lipinski definition) is 3. The average molecular weight is 164 g/mol. The monoisotopic (exact) mass is 164 g/mol. The first kappa shape index (κ1) is 13.0. The first-order chi connectivity index (χ1) is 4.91. The molecule has 0 bridgehead atoms. The molecular formula is C7H16O4. The van der Waals surface area contributed by atoms with Gasteiger partial charge < -0.3 is 15.3 Å². The SMILES string of the molecule is CC(=O)O.CCC(O)C(C)O. The molecule has 3 N–H and O–H groups in total. The van der Waals surface area contributed by atoms with Gasteiger partial charge in [0.15, 0.2) is 0 Å². The number of hydrogen-bond donors (Lipinski definition) is 3. The number of aliphatic carboxylic acids is 1. The summed E-state index contributed by atoms with van der Waals surface area (Å²) in [5.41, 5.74) is 0. The van der Waals surface area contributed by atoms with Gasteiger partial charge in [-0.05, 0) is 13.3 Å². The van der Waals surface area contributed by atoms with Crippen LogP contribution in [-0.4, -0.2) is 33.5 Å². The molecule has 0 heterocycles. The van der Waals surface area contributed by atoms with Crippen LogP contribution in [0.1, 0.15) is 27.2 Å². The Morgan fingerprint density at radius 2 is 1.73 bits per heavy atom. The maximum atomic E-state index is 9.00. The lowest BCUT2D eigenvalue weighted by Gasteiger charge is -2.08. The zero-order valence-electron chi connectivity index (χ0n) is 7.11. The number of carboxylic acid groups (broad SMARTS) is 1. The van der Waals surface area contributed by atoms with Crippen LogP contribution in [0.3, 0.4) is 0 Å². The molecule has 11 heavy (non-hydrogen) atoms. The summed E-state index contributed by atoms with van der Waals surface area (Å²) in [5.74, 6) is -0.833. The highest BCUT2D eigenvalue weighted by molar-refractivity contribution is 5.62. The minimum Gasteiger partial charge on any atom is -0.481 e. The predicted molar refractivity (Wildman–Crippen MR) is 41.3 cm³/mol. The van der Waals surface area contributed by atoms with Crippen molar-refractivity contribution in [3.05, 3.63) is 0 Å². The van der Waals surface area contributed by atoms with Crippen molar-refractivity contribution in [3.63, 3.8) is 0 Å². The summed E-state index contributed by atoms with van der Waals surface area (Å²) < 4.78 is 0. The van der Waals surface area contributed by atoms with Crippen LogP contribution in [0, 0.1) is 0 Å². The number of carbonyl (C=O) groups is 1. The van der Waals surface area contributed by atoms with Gasteiger partial charge in [-0.25, -0.2) is 0 Å². The molecule has 0 aliphatic rings. The normalized spacial score (nSPS) is 14.3. The lowest BCUT2D eigenvalue weighted by atomic mass is 10.2. The van der Waals surface area contributed by atoms with Gasteiger partial charge in [0.1, 0.15) is 0 Å². The van der Waals surface area contributed by atoms with E-state index in [0.29, 0.717) is 6.42 Å². The van der Waals surface area contributed by atoms with Gasteiger partial charge in [0.2, 0.25) is 0 Å². The maximum absolute atomic E-state index is 9.00. The molecular weight excluding hydrogens is 148 g/mol. The molecule has 0 spiro atoms. The van der Waals surface area contributed by atoms with Crippen LogP contribution < -0.4 is 0 Å². The van der Waals surface area contributed by atoms with Crippen LogP contribution in [0.4, 0.5) is 0 Å². The van der Waals surface area contributed by atoms with Crippen molar-refractivity contribution in [2.45, 2.75) is 39.4 Å². The van der Waals surface area contributed by atoms with E-state index in [2.05, 4.69) is 0 Å². The Balaban J connectivity index is 0. The van der Waals surface area contributed by atoms with Crippen molar-refractivity contribution in [1.29, 1.82) is 0 Å². The first-order valence-electron chi connectivity index (χ1n) is 3.47. The summed E-state index contributed by atoms with van der Waals surface area (Å²) in [7, 11) is 0. The Bertz CT molecular complexity index is 96.6. The van der Waals surface area contributed by atoms with Crippen molar-refractivity contribution >= 4 is 5.97 Å². The van der Waals surface area contributed by atoms with Gasteiger partial charge in [0.05, 0.1) is 12.2 Å². The molecule has 4 nitrogen and oxygen atoms in total. The molecule has 0 saturated heterocycles. The minimum absolute atomic E-state index is 0.542. The second-order valence-electron chi connectivity index (χ2n) is 2.24. The highest BCUT2D eigenvalue weighted by atomic mass is 16.4. The van der Waals surface area contributed by atoms with Crippen LogP contribution in [0.25, 0.3) is 0 Å². The van der Waals surface area contributed by atoms with Gasteiger partial charge in [-0.15, -0.1) is 0 Å². The Morgan fingerprint density at radius 1 is 1.45 bits per heavy atom. The number of aliphatic hydroxyl groups is 2. The highest BCUT2D eigenvalue weighted by Gasteiger charge is 2.05. The maximum Gasteiger partial charge on any atom is 0.300 e. The van der Waals surface area contributed by atoms with E-state index in [1.54, 1.807) is 6.92 Å². The Labute approximate surface area is 66.5 Å². The summed E-state index contributed by atoms with van der Waals surface area (Å²) >= 11 is 0. The molecule has 0 saturated carbocycles. The predicted octanol–water partition coefficient (Wildman–Crippen LogP) is 0.229. The summed E-state index contributed by atoms with van der Waals surface area (Å²) in [4.78, 5) is 9.00. The van der Waals surface area contributed by atoms with E-state index in [1.807, 2.05) is 6.92 Å². The Kier molecular flexibility index (Phi) is 8.87. The van der Waals surface area contributed by atoms with Crippen molar-refractivity contribution in [2.75, 3.05) is 0 Å². The lowest BCUT2D eigenvalue weighted by Crippen LogP contribution is -2.20. The van der Waals surface area contributed by atoms with Crippen LogP contribution in [0.15, 0.2) is 0 Å². The van der Waals surface area contributed by atoms with Crippen LogP contribution >= 0.6 is 0 Å². The number of rotatable bonds is 2. The van der Waals surface area contributed by atoms with Gasteiger partial charge >= 0.3 is 0 Å². The second kappa shape index (κ2) is 7.50. The second-order valence-corrected chi connectivity index (χ2v) is 2.24. The number of aliphatic hydroxyl groups excluding tert-OH is 2. The van der Waals surface area contributed by atoms with Crippen molar-refractivity contribution in [2.24, 2.45) is 0 Å². The zero-order valence-corrected chi connectivity index (χ0v) is 7.11. The van der Waals surface area contributed by atoms with Gasteiger partial charge in [-0.1, -0.05) is 6.92 Å². The third-order valence-electron chi connectivity index (χ3n) is 0.975. The molecule has 0 aromatic heterocycles. The third kappa shape index (κ3) is 17.7. The fourth-order valence-electron chi connectivity index (χ4n) is 0.341. The van der Waals surface area contributed by atoms with E-state index in [1.165, 1.54) is 0 Å². The van der Waals surface area contributed by atoms with Gasteiger partial charge in [-0.3, -0.25) is 4.79 Å². The van der Waals surface area contributed by atoms with Gasteiger partial charge in [0, 0.05) is 6.92 Å². The topological polar surface area (TPSA) is 77.8 Å². The van der Waals surface area contributed by atoms with Crippen molar-refractivity contribution < 1.29 is 20.1 Å². The number of carboxylic acids is 1. The summed E-state index contributed by atoms with van der Waals surface area (Å²) in [6.45, 7) is 4.49.